The molecule has 0 radical (unpaired) electrons. The van der Waals surface area contributed by atoms with Gasteiger partial charge in [-0.1, -0.05) is 44.4 Å². The highest BCUT2D eigenvalue weighted by Crippen LogP contribution is 2.35. The molecule has 1 saturated carbocycles. The lowest BCUT2D eigenvalue weighted by Crippen LogP contribution is -2.51. The van der Waals surface area contributed by atoms with Crippen molar-refractivity contribution in [3.05, 3.63) is 48.0 Å². The highest BCUT2D eigenvalue weighted by atomic mass is 35.5. The van der Waals surface area contributed by atoms with Crippen LogP contribution in [0.1, 0.15) is 57.1 Å². The molecule has 8 nitrogen and oxygen atoms in total. The van der Waals surface area contributed by atoms with E-state index in [9.17, 15) is 9.59 Å². The molecule has 2 amide bonds. The van der Waals surface area contributed by atoms with Crippen LogP contribution in [0.25, 0.3) is 0 Å². The van der Waals surface area contributed by atoms with Gasteiger partial charge in [-0.3, -0.25) is 9.59 Å². The van der Waals surface area contributed by atoms with E-state index in [1.807, 2.05) is 31.2 Å². The van der Waals surface area contributed by atoms with Crippen molar-refractivity contribution in [2.45, 2.75) is 63.6 Å². The van der Waals surface area contributed by atoms with E-state index in [2.05, 4.69) is 5.32 Å². The van der Waals surface area contributed by atoms with E-state index < -0.39 is 12.1 Å². The van der Waals surface area contributed by atoms with E-state index in [1.54, 1.807) is 25.3 Å². The number of rotatable bonds is 11. The Kier molecular flexibility index (Phi) is 9.98. The molecule has 2 atom stereocenters. The summed E-state index contributed by atoms with van der Waals surface area (Å²) in [5.41, 5.74) is 0.606. The number of ether oxygens (including phenoxy) is 4. The van der Waals surface area contributed by atoms with Crippen molar-refractivity contribution < 1.29 is 28.5 Å². The van der Waals surface area contributed by atoms with Crippen LogP contribution in [0.15, 0.2) is 42.5 Å². The first-order valence-electron chi connectivity index (χ1n) is 13.4. The summed E-state index contributed by atoms with van der Waals surface area (Å²) in [5.74, 6) is 1.44. The predicted molar refractivity (Wildman–Crippen MR) is 145 cm³/mol. The van der Waals surface area contributed by atoms with Gasteiger partial charge < -0.3 is 29.2 Å². The molecule has 1 fully saturated rings. The third kappa shape index (κ3) is 6.84. The van der Waals surface area contributed by atoms with Crippen molar-refractivity contribution in [2.75, 3.05) is 32.7 Å². The van der Waals surface area contributed by atoms with Gasteiger partial charge in [-0.05, 0) is 49.1 Å². The minimum atomic E-state index is -0.932. The van der Waals surface area contributed by atoms with Crippen LogP contribution in [0.2, 0.25) is 0 Å². The van der Waals surface area contributed by atoms with Crippen LogP contribution in [0.3, 0.4) is 0 Å². The Balaban J connectivity index is 1.65. The Bertz CT molecular complexity index is 1090. The number of para-hydroxylation sites is 2. The number of benzene rings is 2. The molecule has 0 spiro atoms. The van der Waals surface area contributed by atoms with Crippen molar-refractivity contribution >= 4 is 23.4 Å². The summed E-state index contributed by atoms with van der Waals surface area (Å²) < 4.78 is 23.4. The Morgan fingerprint density at radius 3 is 2.58 bits per heavy atom. The molecule has 1 heterocycles. The highest BCUT2D eigenvalue weighted by Gasteiger charge is 2.36. The number of hydrogen-bond acceptors (Lipinski definition) is 6. The normalized spacial score (nSPS) is 17.8. The number of hydrogen-bond donors (Lipinski definition) is 1. The van der Waals surface area contributed by atoms with E-state index in [4.69, 9.17) is 30.5 Å². The zero-order valence-corrected chi connectivity index (χ0v) is 22.9. The number of amides is 2. The molecule has 2 aromatic rings. The van der Waals surface area contributed by atoms with Crippen LogP contribution in [0.5, 0.6) is 23.0 Å². The van der Waals surface area contributed by atoms with Crippen molar-refractivity contribution in [1.82, 2.24) is 10.2 Å². The number of alkyl halides is 1. The summed E-state index contributed by atoms with van der Waals surface area (Å²) in [6.45, 7) is 2.93. The third-order valence-electron chi connectivity index (χ3n) is 6.88. The largest absolute Gasteiger partial charge is 0.493 e. The predicted octanol–water partition coefficient (Wildman–Crippen LogP) is 4.88. The first kappa shape index (κ1) is 27.9. The molecule has 1 aliphatic heterocycles. The van der Waals surface area contributed by atoms with Gasteiger partial charge in [0.15, 0.2) is 29.1 Å². The fourth-order valence-corrected chi connectivity index (χ4v) is 5.14. The quantitative estimate of drug-likeness (QED) is 0.406. The molecule has 9 heteroatoms. The summed E-state index contributed by atoms with van der Waals surface area (Å²) in [4.78, 5) is 28.6. The van der Waals surface area contributed by atoms with E-state index in [0.29, 0.717) is 35.2 Å². The van der Waals surface area contributed by atoms with Gasteiger partial charge in [-0.15, -0.1) is 11.6 Å². The van der Waals surface area contributed by atoms with Gasteiger partial charge in [0.05, 0.1) is 20.3 Å². The van der Waals surface area contributed by atoms with Crippen LogP contribution in [0, 0.1) is 0 Å². The molecular formula is C29H37ClN2O6. The molecule has 206 valence electrons. The van der Waals surface area contributed by atoms with Crippen LogP contribution in [-0.4, -0.2) is 61.6 Å². The van der Waals surface area contributed by atoms with Gasteiger partial charge in [0.1, 0.15) is 18.5 Å². The summed E-state index contributed by atoms with van der Waals surface area (Å²) in [5, 5.41) is 3.20. The van der Waals surface area contributed by atoms with Gasteiger partial charge in [0.2, 0.25) is 11.8 Å². The highest BCUT2D eigenvalue weighted by molar-refractivity contribution is 6.27. The van der Waals surface area contributed by atoms with Gasteiger partial charge in [0.25, 0.3) is 0 Å². The maximum atomic E-state index is 13.9. The Hall–Kier alpha value is -3.13. The van der Waals surface area contributed by atoms with E-state index in [1.165, 1.54) is 11.3 Å². The SMILES string of the molecule is CCCOc1ccc(C(C(=O)NC2CCCCC2)N(CC2COc3ccccc3O2)C(=O)CCl)cc1OC. The van der Waals surface area contributed by atoms with Gasteiger partial charge in [-0.2, -0.15) is 0 Å². The van der Waals surface area contributed by atoms with Crippen LogP contribution in [-0.2, 0) is 9.59 Å². The Morgan fingerprint density at radius 2 is 1.87 bits per heavy atom. The van der Waals surface area contributed by atoms with Gasteiger partial charge in [0, 0.05) is 6.04 Å². The lowest BCUT2D eigenvalue weighted by atomic mass is 9.94. The van der Waals surface area contributed by atoms with Gasteiger partial charge in [-0.25, -0.2) is 0 Å². The molecule has 4 rings (SSSR count). The monoisotopic (exact) mass is 544 g/mol. The molecule has 0 aromatic heterocycles. The van der Waals surface area contributed by atoms with Crippen LogP contribution < -0.4 is 24.3 Å². The van der Waals surface area contributed by atoms with Gasteiger partial charge >= 0.3 is 0 Å². The maximum absolute atomic E-state index is 13.9. The number of nitrogens with one attached hydrogen (secondary N) is 1. The number of fused-ring (bicyclic) bond motifs is 1. The van der Waals surface area contributed by atoms with E-state index >= 15 is 0 Å². The topological polar surface area (TPSA) is 86.3 Å². The summed E-state index contributed by atoms with van der Waals surface area (Å²) in [6.07, 6.45) is 5.53. The Morgan fingerprint density at radius 1 is 1.11 bits per heavy atom. The fraction of sp³-hybridized carbons (Fsp3) is 0.517. The second-order valence-corrected chi connectivity index (χ2v) is 9.95. The van der Waals surface area contributed by atoms with E-state index in [-0.39, 0.29) is 36.9 Å². The number of methoxy groups -OCH3 is 1. The lowest BCUT2D eigenvalue weighted by Gasteiger charge is -2.36. The van der Waals surface area contributed by atoms with Crippen LogP contribution in [0.4, 0.5) is 0 Å². The molecule has 1 N–H and O–H groups in total. The zero-order valence-electron chi connectivity index (χ0n) is 22.1. The van der Waals surface area contributed by atoms with Crippen LogP contribution >= 0.6 is 11.6 Å². The number of halogens is 1. The molecular weight excluding hydrogens is 508 g/mol. The summed E-state index contributed by atoms with van der Waals surface area (Å²) in [7, 11) is 1.56. The van der Waals surface area contributed by atoms with E-state index in [0.717, 1.165) is 32.1 Å². The Labute approximate surface area is 229 Å². The van der Waals surface area contributed by atoms with Crippen molar-refractivity contribution in [1.29, 1.82) is 0 Å². The van der Waals surface area contributed by atoms with Crippen molar-refractivity contribution in [3.8, 4) is 23.0 Å². The maximum Gasteiger partial charge on any atom is 0.247 e. The first-order chi connectivity index (χ1) is 18.5. The minimum Gasteiger partial charge on any atom is -0.493 e. The number of carbonyl (C=O) groups excluding carboxylic acids is 2. The molecule has 38 heavy (non-hydrogen) atoms. The van der Waals surface area contributed by atoms with Crippen molar-refractivity contribution in [2.24, 2.45) is 0 Å². The van der Waals surface area contributed by atoms with Crippen molar-refractivity contribution in [3.63, 3.8) is 0 Å². The smallest absolute Gasteiger partial charge is 0.247 e. The molecule has 2 aromatic carbocycles. The fourth-order valence-electron chi connectivity index (χ4n) is 4.99. The zero-order chi connectivity index (χ0) is 26.9. The molecule has 2 aliphatic rings. The lowest BCUT2D eigenvalue weighted by molar-refractivity contribution is -0.141. The number of carbonyl (C=O) groups is 2. The summed E-state index contributed by atoms with van der Waals surface area (Å²) in [6, 6.07) is 11.9. The average Bonchev–Trinajstić information content (AvgIpc) is 2.96. The average molecular weight is 545 g/mol. The summed E-state index contributed by atoms with van der Waals surface area (Å²) >= 11 is 6.07. The first-order valence-corrected chi connectivity index (χ1v) is 13.9. The second kappa shape index (κ2) is 13.6. The molecule has 1 aliphatic carbocycles. The minimum absolute atomic E-state index is 0.0712. The second-order valence-electron chi connectivity index (χ2n) is 9.68. The molecule has 0 bridgehead atoms. The number of nitrogens with zero attached hydrogens (tertiary/aromatic N) is 1. The molecule has 2 unspecified atom stereocenters. The third-order valence-corrected chi connectivity index (χ3v) is 7.11. The molecule has 0 saturated heterocycles. The standard InChI is InChI=1S/C29H37ClN2O6/c1-3-15-36-24-14-13-20(16-26(24)35-2)28(29(34)31-21-9-5-4-6-10-21)32(27(33)17-30)18-22-19-37-23-11-7-8-12-25(23)38-22/h7-8,11-14,16,21-22,28H,3-6,9-10,15,17-19H2,1-2H3,(H,31,34).